The van der Waals surface area contributed by atoms with E-state index in [-0.39, 0.29) is 6.42 Å². The highest BCUT2D eigenvalue weighted by Gasteiger charge is 2.05. The summed E-state index contributed by atoms with van der Waals surface area (Å²) in [7, 11) is 0. The maximum atomic E-state index is 10.4. The summed E-state index contributed by atoms with van der Waals surface area (Å²) in [5.74, 6) is 0.297. The van der Waals surface area contributed by atoms with E-state index in [1.807, 2.05) is 13.0 Å². The number of carbonyl (C=O) groups is 1. The minimum absolute atomic E-state index is 0.238. The molecular weight excluding hydrogens is 218 g/mol. The average Bonchev–Trinajstić information content (AvgIpc) is 2.26. The molecule has 0 saturated carbocycles. The Bertz CT molecular complexity index is 369. The Morgan fingerprint density at radius 3 is 2.94 bits per heavy atom. The minimum Gasteiger partial charge on any atom is -0.481 e. The normalized spacial score (nSPS) is 12.1. The molecule has 1 unspecified atom stereocenters. The van der Waals surface area contributed by atoms with E-state index in [4.69, 9.17) is 5.11 Å². The van der Waals surface area contributed by atoms with Gasteiger partial charge in [0.25, 0.3) is 0 Å². The Morgan fingerprint density at radius 1 is 1.53 bits per heavy atom. The third kappa shape index (κ3) is 5.85. The van der Waals surface area contributed by atoms with E-state index in [9.17, 15) is 4.79 Å². The predicted octanol–water partition coefficient (Wildman–Crippen LogP) is 2.09. The Kier molecular flexibility index (Phi) is 5.39. The van der Waals surface area contributed by atoms with Gasteiger partial charge in [0.1, 0.15) is 0 Å². The molecule has 0 radical (unpaired) electrons. The SMILES string of the molecule is Cc1ccnc(NCCC(C)CCC(=O)O)n1. The van der Waals surface area contributed by atoms with Crippen LogP contribution < -0.4 is 5.32 Å². The van der Waals surface area contributed by atoms with Crippen LogP contribution in [-0.4, -0.2) is 27.6 Å². The lowest BCUT2D eigenvalue weighted by molar-refractivity contribution is -0.137. The van der Waals surface area contributed by atoms with Gasteiger partial charge in [0.05, 0.1) is 0 Å². The monoisotopic (exact) mass is 237 g/mol. The lowest BCUT2D eigenvalue weighted by Gasteiger charge is -2.10. The number of carboxylic acids is 1. The van der Waals surface area contributed by atoms with Crippen LogP contribution in [0.4, 0.5) is 5.95 Å². The molecule has 0 aliphatic rings. The molecule has 0 bridgehead atoms. The molecule has 0 saturated heterocycles. The third-order valence-electron chi connectivity index (χ3n) is 2.57. The van der Waals surface area contributed by atoms with E-state index in [1.165, 1.54) is 0 Å². The van der Waals surface area contributed by atoms with E-state index in [2.05, 4.69) is 22.2 Å². The summed E-state index contributed by atoms with van der Waals surface area (Å²) in [6, 6.07) is 1.85. The average molecular weight is 237 g/mol. The first kappa shape index (κ1) is 13.4. The molecule has 0 amide bonds. The number of aromatic nitrogens is 2. The number of hydrogen-bond acceptors (Lipinski definition) is 4. The number of rotatable bonds is 7. The first-order valence-electron chi connectivity index (χ1n) is 5.83. The van der Waals surface area contributed by atoms with Crippen LogP contribution in [0.15, 0.2) is 12.3 Å². The van der Waals surface area contributed by atoms with Crippen LogP contribution >= 0.6 is 0 Å². The van der Waals surface area contributed by atoms with Gasteiger partial charge in [-0.05, 0) is 31.7 Å². The molecule has 17 heavy (non-hydrogen) atoms. The molecule has 1 aromatic heterocycles. The maximum Gasteiger partial charge on any atom is 0.303 e. The Labute approximate surface area is 101 Å². The zero-order valence-corrected chi connectivity index (χ0v) is 10.3. The smallest absolute Gasteiger partial charge is 0.303 e. The van der Waals surface area contributed by atoms with Crippen molar-refractivity contribution in [1.29, 1.82) is 0 Å². The second-order valence-corrected chi connectivity index (χ2v) is 4.27. The van der Waals surface area contributed by atoms with Gasteiger partial charge in [0.15, 0.2) is 0 Å². The maximum absolute atomic E-state index is 10.4. The van der Waals surface area contributed by atoms with Gasteiger partial charge in [-0.25, -0.2) is 9.97 Å². The number of anilines is 1. The molecule has 5 nitrogen and oxygen atoms in total. The minimum atomic E-state index is -0.730. The molecule has 2 N–H and O–H groups in total. The Balaban J connectivity index is 2.21. The van der Waals surface area contributed by atoms with Gasteiger partial charge in [0.2, 0.25) is 5.95 Å². The standard InChI is InChI=1S/C12H19N3O2/c1-9(3-4-11(16)17)5-7-13-12-14-8-6-10(2)15-12/h6,8-9H,3-5,7H2,1-2H3,(H,16,17)(H,13,14,15). The highest BCUT2D eigenvalue weighted by Crippen LogP contribution is 2.10. The molecule has 0 aromatic carbocycles. The van der Waals surface area contributed by atoms with Gasteiger partial charge in [-0.2, -0.15) is 0 Å². The van der Waals surface area contributed by atoms with E-state index in [0.29, 0.717) is 18.3 Å². The van der Waals surface area contributed by atoms with Crippen LogP contribution in [0.25, 0.3) is 0 Å². The first-order valence-corrected chi connectivity index (χ1v) is 5.83. The molecule has 1 heterocycles. The van der Waals surface area contributed by atoms with Crippen molar-refractivity contribution in [3.63, 3.8) is 0 Å². The van der Waals surface area contributed by atoms with Crippen LogP contribution in [0.2, 0.25) is 0 Å². The molecule has 1 atom stereocenters. The second-order valence-electron chi connectivity index (χ2n) is 4.27. The van der Waals surface area contributed by atoms with Crippen LogP contribution in [0, 0.1) is 12.8 Å². The number of aliphatic carboxylic acids is 1. The van der Waals surface area contributed by atoms with E-state index < -0.39 is 5.97 Å². The van der Waals surface area contributed by atoms with Gasteiger partial charge < -0.3 is 10.4 Å². The van der Waals surface area contributed by atoms with Crippen LogP contribution in [0.5, 0.6) is 0 Å². The zero-order chi connectivity index (χ0) is 12.7. The molecule has 0 aliphatic heterocycles. The van der Waals surface area contributed by atoms with Gasteiger partial charge in [-0.15, -0.1) is 0 Å². The van der Waals surface area contributed by atoms with Gasteiger partial charge in [-0.1, -0.05) is 6.92 Å². The quantitative estimate of drug-likeness (QED) is 0.759. The fourth-order valence-electron chi connectivity index (χ4n) is 1.48. The largest absolute Gasteiger partial charge is 0.481 e. The summed E-state index contributed by atoms with van der Waals surface area (Å²) in [4.78, 5) is 18.7. The van der Waals surface area contributed by atoms with Crippen molar-refractivity contribution in [2.75, 3.05) is 11.9 Å². The molecule has 1 rings (SSSR count). The van der Waals surface area contributed by atoms with Gasteiger partial charge in [-0.3, -0.25) is 4.79 Å². The molecule has 94 valence electrons. The molecule has 5 heteroatoms. The van der Waals surface area contributed by atoms with Crippen LogP contribution in [0.1, 0.15) is 31.9 Å². The van der Waals surface area contributed by atoms with Crippen molar-refractivity contribution < 1.29 is 9.90 Å². The Hall–Kier alpha value is -1.65. The number of hydrogen-bond donors (Lipinski definition) is 2. The molecule has 1 aromatic rings. The van der Waals surface area contributed by atoms with Crippen LogP contribution in [0.3, 0.4) is 0 Å². The topological polar surface area (TPSA) is 75.1 Å². The number of nitrogens with one attached hydrogen (secondary N) is 1. The third-order valence-corrected chi connectivity index (χ3v) is 2.57. The second kappa shape index (κ2) is 6.83. The zero-order valence-electron chi connectivity index (χ0n) is 10.3. The van der Waals surface area contributed by atoms with Crippen LogP contribution in [-0.2, 0) is 4.79 Å². The fraction of sp³-hybridized carbons (Fsp3) is 0.583. The summed E-state index contributed by atoms with van der Waals surface area (Å²) in [6.07, 6.45) is 3.59. The highest BCUT2D eigenvalue weighted by molar-refractivity contribution is 5.66. The van der Waals surface area contributed by atoms with E-state index in [1.54, 1.807) is 6.20 Å². The molecule has 0 spiro atoms. The van der Waals surface area contributed by atoms with Crippen molar-refractivity contribution in [3.8, 4) is 0 Å². The summed E-state index contributed by atoms with van der Waals surface area (Å²) in [5, 5.41) is 11.7. The fourth-order valence-corrected chi connectivity index (χ4v) is 1.48. The summed E-state index contributed by atoms with van der Waals surface area (Å²) in [6.45, 7) is 4.74. The van der Waals surface area contributed by atoms with E-state index >= 15 is 0 Å². The van der Waals surface area contributed by atoms with Gasteiger partial charge in [0, 0.05) is 24.9 Å². The molecule has 0 fully saturated rings. The summed E-state index contributed by atoms with van der Waals surface area (Å²) >= 11 is 0. The van der Waals surface area contributed by atoms with Crippen molar-refractivity contribution in [2.45, 2.75) is 33.1 Å². The molecule has 0 aliphatic carbocycles. The lowest BCUT2D eigenvalue weighted by Crippen LogP contribution is -2.10. The number of carboxylic acid groups (broad SMARTS) is 1. The van der Waals surface area contributed by atoms with E-state index in [0.717, 1.165) is 18.7 Å². The lowest BCUT2D eigenvalue weighted by atomic mass is 10.0. The van der Waals surface area contributed by atoms with Crippen molar-refractivity contribution >= 4 is 11.9 Å². The van der Waals surface area contributed by atoms with Crippen molar-refractivity contribution in [3.05, 3.63) is 18.0 Å². The Morgan fingerprint density at radius 2 is 2.29 bits per heavy atom. The summed E-state index contributed by atoms with van der Waals surface area (Å²) < 4.78 is 0. The van der Waals surface area contributed by atoms with Crippen molar-refractivity contribution in [2.24, 2.45) is 5.92 Å². The summed E-state index contributed by atoms with van der Waals surface area (Å²) in [5.41, 5.74) is 0.932. The number of nitrogens with zero attached hydrogens (tertiary/aromatic N) is 2. The highest BCUT2D eigenvalue weighted by atomic mass is 16.4. The van der Waals surface area contributed by atoms with Crippen molar-refractivity contribution in [1.82, 2.24) is 9.97 Å². The molecular formula is C12H19N3O2. The predicted molar refractivity (Wildman–Crippen MR) is 65.9 cm³/mol. The number of aryl methyl sites for hydroxylation is 1. The van der Waals surface area contributed by atoms with Gasteiger partial charge >= 0.3 is 5.97 Å². The first-order chi connectivity index (χ1) is 8.08.